The van der Waals surface area contributed by atoms with Crippen molar-refractivity contribution in [2.45, 2.75) is 25.7 Å². The number of ether oxygens (including phenoxy) is 1. The highest BCUT2D eigenvalue weighted by Crippen LogP contribution is 2.26. The van der Waals surface area contributed by atoms with Gasteiger partial charge in [-0.2, -0.15) is 10.4 Å². The fraction of sp³-hybridized carbons (Fsp3) is 0.304. The molecular weight excluding hydrogens is 416 g/mol. The van der Waals surface area contributed by atoms with Crippen LogP contribution in [0.2, 0.25) is 5.02 Å². The second-order valence-electron chi connectivity index (χ2n) is 7.17. The molecule has 2 aromatic rings. The zero-order chi connectivity index (χ0) is 22.2. The van der Waals surface area contributed by atoms with Crippen LogP contribution in [0.3, 0.4) is 0 Å². The third kappa shape index (κ3) is 5.83. The molecule has 0 fully saturated rings. The van der Waals surface area contributed by atoms with E-state index in [1.54, 1.807) is 36.4 Å². The van der Waals surface area contributed by atoms with Crippen LogP contribution in [-0.2, 0) is 4.74 Å². The summed E-state index contributed by atoms with van der Waals surface area (Å²) >= 11 is 6.01. The van der Waals surface area contributed by atoms with Crippen molar-refractivity contribution in [3.05, 3.63) is 64.7 Å². The van der Waals surface area contributed by atoms with E-state index in [2.05, 4.69) is 21.2 Å². The summed E-state index contributed by atoms with van der Waals surface area (Å²) in [6, 6.07) is 15.7. The maximum atomic E-state index is 12.8. The van der Waals surface area contributed by atoms with Gasteiger partial charge in [-0.3, -0.25) is 0 Å². The largest absolute Gasteiger partial charge is 0.465 e. The lowest BCUT2D eigenvalue weighted by atomic mass is 9.92. The predicted octanol–water partition coefficient (Wildman–Crippen LogP) is 5.08. The minimum absolute atomic E-state index is 0.0762. The number of urea groups is 1. The number of benzene rings is 2. The number of hydrazone groups is 1. The number of nitrogens with one attached hydrogen (secondary N) is 1. The SMILES string of the molecule is COC(=O)c1ccc(NC(=O)N2CC(CCCCC#N)C(c3ccc(Cl)cc3)=N2)cc1. The number of rotatable bonds is 7. The van der Waals surface area contributed by atoms with E-state index in [0.717, 1.165) is 30.5 Å². The number of esters is 1. The van der Waals surface area contributed by atoms with Crippen molar-refractivity contribution < 1.29 is 14.3 Å². The molecule has 1 aliphatic heterocycles. The first kappa shape index (κ1) is 22.3. The zero-order valence-corrected chi connectivity index (χ0v) is 17.9. The second kappa shape index (κ2) is 10.6. The Bertz CT molecular complexity index is 997. The number of nitriles is 1. The van der Waals surface area contributed by atoms with Crippen molar-refractivity contribution in [2.75, 3.05) is 19.0 Å². The molecule has 8 heteroatoms. The van der Waals surface area contributed by atoms with Crippen LogP contribution in [-0.4, -0.2) is 36.4 Å². The Hall–Kier alpha value is -3.37. The molecule has 31 heavy (non-hydrogen) atoms. The smallest absolute Gasteiger partial charge is 0.342 e. The highest BCUT2D eigenvalue weighted by Gasteiger charge is 2.30. The number of hydrogen-bond acceptors (Lipinski definition) is 5. The number of hydrogen-bond donors (Lipinski definition) is 1. The number of halogens is 1. The molecular formula is C23H23ClN4O3. The van der Waals surface area contributed by atoms with Crippen LogP contribution in [0.15, 0.2) is 53.6 Å². The lowest BCUT2D eigenvalue weighted by Gasteiger charge is -2.15. The molecule has 1 heterocycles. The quantitative estimate of drug-likeness (QED) is 0.481. The van der Waals surface area contributed by atoms with Crippen LogP contribution in [0.5, 0.6) is 0 Å². The number of unbranched alkanes of at least 4 members (excludes halogenated alkanes) is 2. The van der Waals surface area contributed by atoms with Gasteiger partial charge in [0, 0.05) is 23.0 Å². The monoisotopic (exact) mass is 438 g/mol. The highest BCUT2D eigenvalue weighted by molar-refractivity contribution is 6.30. The van der Waals surface area contributed by atoms with Gasteiger partial charge in [-0.05, 0) is 54.8 Å². The third-order valence-electron chi connectivity index (χ3n) is 5.03. The van der Waals surface area contributed by atoms with E-state index in [-0.39, 0.29) is 11.9 Å². The molecule has 0 spiro atoms. The van der Waals surface area contributed by atoms with Crippen molar-refractivity contribution >= 4 is 35.0 Å². The van der Waals surface area contributed by atoms with Crippen LogP contribution in [0.1, 0.15) is 41.6 Å². The Morgan fingerprint density at radius 3 is 2.55 bits per heavy atom. The molecule has 0 aromatic heterocycles. The van der Waals surface area contributed by atoms with Gasteiger partial charge in [0.15, 0.2) is 0 Å². The summed E-state index contributed by atoms with van der Waals surface area (Å²) in [5.41, 5.74) is 2.72. The van der Waals surface area contributed by atoms with Gasteiger partial charge in [-0.1, -0.05) is 30.2 Å². The molecule has 0 saturated heterocycles. The summed E-state index contributed by atoms with van der Waals surface area (Å²) in [6.07, 6.45) is 3.06. The number of carbonyl (C=O) groups is 2. The van der Waals surface area contributed by atoms with Gasteiger partial charge < -0.3 is 10.1 Å². The van der Waals surface area contributed by atoms with E-state index < -0.39 is 5.97 Å². The Kier molecular flexibility index (Phi) is 7.63. The van der Waals surface area contributed by atoms with E-state index in [1.165, 1.54) is 12.1 Å². The number of methoxy groups -OCH3 is 1. The molecule has 160 valence electrons. The molecule has 1 aliphatic rings. The van der Waals surface area contributed by atoms with Crippen molar-refractivity contribution in [1.29, 1.82) is 5.26 Å². The number of amides is 2. The van der Waals surface area contributed by atoms with Crippen LogP contribution >= 0.6 is 11.6 Å². The van der Waals surface area contributed by atoms with E-state index >= 15 is 0 Å². The van der Waals surface area contributed by atoms with Gasteiger partial charge in [0.25, 0.3) is 0 Å². The van der Waals surface area contributed by atoms with Crippen LogP contribution < -0.4 is 5.32 Å². The normalized spacial score (nSPS) is 15.2. The van der Waals surface area contributed by atoms with Crippen LogP contribution in [0.4, 0.5) is 10.5 Å². The fourth-order valence-electron chi connectivity index (χ4n) is 3.41. The minimum atomic E-state index is -0.436. The Labute approximate surface area is 186 Å². The topological polar surface area (TPSA) is 94.8 Å². The maximum absolute atomic E-state index is 12.8. The van der Waals surface area contributed by atoms with E-state index in [1.807, 2.05) is 12.1 Å². The summed E-state index contributed by atoms with van der Waals surface area (Å²) in [5.74, 6) is -0.360. The van der Waals surface area contributed by atoms with E-state index in [0.29, 0.717) is 29.2 Å². The molecule has 0 bridgehead atoms. The first-order valence-electron chi connectivity index (χ1n) is 10.00. The summed E-state index contributed by atoms with van der Waals surface area (Å²) < 4.78 is 4.68. The Morgan fingerprint density at radius 2 is 1.90 bits per heavy atom. The molecule has 7 nitrogen and oxygen atoms in total. The molecule has 2 amide bonds. The number of nitrogens with zero attached hydrogens (tertiary/aromatic N) is 3. The summed E-state index contributed by atoms with van der Waals surface area (Å²) in [5, 5.41) is 18.2. The van der Waals surface area contributed by atoms with Gasteiger partial charge in [0.05, 0.1) is 31.0 Å². The van der Waals surface area contributed by atoms with Crippen LogP contribution in [0, 0.1) is 17.2 Å². The van der Waals surface area contributed by atoms with Gasteiger partial charge in [-0.25, -0.2) is 14.6 Å². The first-order valence-corrected chi connectivity index (χ1v) is 10.4. The molecule has 2 aromatic carbocycles. The standard InChI is InChI=1S/C23H23ClN4O3/c1-31-22(29)17-8-12-20(13-9-17)26-23(30)28-15-18(5-3-2-4-14-25)21(27-28)16-6-10-19(24)11-7-16/h6-13,18H,2-5,15H2,1H3,(H,26,30). The highest BCUT2D eigenvalue weighted by atomic mass is 35.5. The lowest BCUT2D eigenvalue weighted by Crippen LogP contribution is -2.30. The van der Waals surface area contributed by atoms with Gasteiger partial charge in [0.1, 0.15) is 0 Å². The van der Waals surface area contributed by atoms with Gasteiger partial charge in [0.2, 0.25) is 0 Å². The van der Waals surface area contributed by atoms with Crippen molar-refractivity contribution in [3.63, 3.8) is 0 Å². The Balaban J connectivity index is 1.72. The maximum Gasteiger partial charge on any atom is 0.342 e. The average Bonchev–Trinajstić information content (AvgIpc) is 3.21. The van der Waals surface area contributed by atoms with Gasteiger partial charge in [-0.15, -0.1) is 0 Å². The Morgan fingerprint density at radius 1 is 1.19 bits per heavy atom. The number of carbonyl (C=O) groups excluding carboxylic acids is 2. The minimum Gasteiger partial charge on any atom is -0.465 e. The summed E-state index contributed by atoms with van der Waals surface area (Å²) in [7, 11) is 1.32. The molecule has 1 N–H and O–H groups in total. The van der Waals surface area contributed by atoms with E-state index in [4.69, 9.17) is 16.9 Å². The molecule has 0 saturated carbocycles. The molecule has 3 rings (SSSR count). The molecule has 1 atom stereocenters. The lowest BCUT2D eigenvalue weighted by molar-refractivity contribution is 0.0600. The van der Waals surface area contributed by atoms with E-state index in [9.17, 15) is 9.59 Å². The van der Waals surface area contributed by atoms with Crippen LogP contribution in [0.25, 0.3) is 0 Å². The molecule has 0 radical (unpaired) electrons. The molecule has 1 unspecified atom stereocenters. The number of anilines is 1. The first-order chi connectivity index (χ1) is 15.0. The van der Waals surface area contributed by atoms with Gasteiger partial charge >= 0.3 is 12.0 Å². The third-order valence-corrected chi connectivity index (χ3v) is 5.28. The fourth-order valence-corrected chi connectivity index (χ4v) is 3.53. The summed E-state index contributed by atoms with van der Waals surface area (Å²) in [6.45, 7) is 0.455. The van der Waals surface area contributed by atoms with Crippen molar-refractivity contribution in [1.82, 2.24) is 5.01 Å². The summed E-state index contributed by atoms with van der Waals surface area (Å²) in [4.78, 5) is 24.3. The predicted molar refractivity (Wildman–Crippen MR) is 119 cm³/mol. The average molecular weight is 439 g/mol. The molecule has 0 aliphatic carbocycles. The van der Waals surface area contributed by atoms with Crippen molar-refractivity contribution in [3.8, 4) is 6.07 Å². The zero-order valence-electron chi connectivity index (χ0n) is 17.2. The second-order valence-corrected chi connectivity index (χ2v) is 7.61. The van der Waals surface area contributed by atoms with Crippen molar-refractivity contribution in [2.24, 2.45) is 11.0 Å².